The molecule has 0 N–H and O–H groups in total. The van der Waals surface area contributed by atoms with E-state index < -0.39 is 11.6 Å². The van der Waals surface area contributed by atoms with Crippen molar-refractivity contribution in [2.75, 3.05) is 0 Å². The highest BCUT2D eigenvalue weighted by Crippen LogP contribution is 2.31. The first-order valence-electron chi connectivity index (χ1n) is 5.95. The summed E-state index contributed by atoms with van der Waals surface area (Å²) < 4.78 is 28.7. The van der Waals surface area contributed by atoms with Gasteiger partial charge in [-0.15, -0.1) is 0 Å². The molecule has 0 radical (unpaired) electrons. The van der Waals surface area contributed by atoms with Gasteiger partial charge in [-0.1, -0.05) is 6.92 Å². The molecule has 0 aliphatic carbocycles. The second-order valence-electron chi connectivity index (χ2n) is 4.35. The first-order valence-corrected chi connectivity index (χ1v) is 5.95. The fourth-order valence-electron chi connectivity index (χ4n) is 2.24. The van der Waals surface area contributed by atoms with Crippen LogP contribution in [0.3, 0.4) is 0 Å². The quantitative estimate of drug-likeness (QED) is 0.851. The van der Waals surface area contributed by atoms with E-state index in [9.17, 15) is 8.78 Å². The normalized spacial score (nSPS) is 12.2. The summed E-state index contributed by atoms with van der Waals surface area (Å²) in [7, 11) is 1.69. The molecule has 0 bridgehead atoms. The number of halogens is 2. The van der Waals surface area contributed by atoms with E-state index in [1.165, 1.54) is 10.7 Å². The molecule has 5 heteroatoms. The lowest BCUT2D eigenvalue weighted by molar-refractivity contribution is 0.570. The molecular weight excluding hydrogens is 248 g/mol. The number of aromatic nitrogens is 2. The van der Waals surface area contributed by atoms with Crippen LogP contribution in [0.1, 0.15) is 36.1 Å². The number of nitriles is 1. The number of benzene rings is 1. The largest absolute Gasteiger partial charge is 0.274 e. The standard InChI is InChI=1S/C14H13F2N3/c1-3-10(11-6-9(15)4-5-13(11)16)12-8-19(2)18-14(12)7-17/h4-6,8,10H,3H2,1-2H3/t10-/m0/s1. The van der Waals surface area contributed by atoms with Crippen LogP contribution in [0.25, 0.3) is 0 Å². The van der Waals surface area contributed by atoms with E-state index in [0.717, 1.165) is 12.1 Å². The van der Waals surface area contributed by atoms with Crippen LogP contribution in [0.15, 0.2) is 24.4 Å². The van der Waals surface area contributed by atoms with Gasteiger partial charge in [0.15, 0.2) is 5.69 Å². The van der Waals surface area contributed by atoms with E-state index in [0.29, 0.717) is 12.0 Å². The predicted molar refractivity (Wildman–Crippen MR) is 66.4 cm³/mol. The Kier molecular flexibility index (Phi) is 3.61. The molecular formula is C14H13F2N3. The zero-order chi connectivity index (χ0) is 14.0. The molecule has 98 valence electrons. The average molecular weight is 261 g/mol. The summed E-state index contributed by atoms with van der Waals surface area (Å²) in [6, 6.07) is 5.36. The predicted octanol–water partition coefficient (Wildman–Crippen LogP) is 3.11. The summed E-state index contributed by atoms with van der Waals surface area (Å²) in [5.41, 5.74) is 1.13. The summed E-state index contributed by atoms with van der Waals surface area (Å²) in [6.07, 6.45) is 2.23. The summed E-state index contributed by atoms with van der Waals surface area (Å²) >= 11 is 0. The average Bonchev–Trinajstić information content (AvgIpc) is 2.76. The molecule has 19 heavy (non-hydrogen) atoms. The first-order chi connectivity index (χ1) is 9.06. The van der Waals surface area contributed by atoms with E-state index in [1.807, 2.05) is 13.0 Å². The Labute approximate surface area is 110 Å². The third kappa shape index (κ3) is 2.48. The molecule has 1 aromatic carbocycles. The number of nitrogens with zero attached hydrogens (tertiary/aromatic N) is 3. The minimum Gasteiger partial charge on any atom is -0.274 e. The van der Waals surface area contributed by atoms with Crippen LogP contribution in [0.4, 0.5) is 8.78 Å². The van der Waals surface area contributed by atoms with Crippen molar-refractivity contribution < 1.29 is 8.78 Å². The minimum atomic E-state index is -0.489. The molecule has 0 fully saturated rings. The molecule has 0 unspecified atom stereocenters. The van der Waals surface area contributed by atoms with Gasteiger partial charge in [-0.25, -0.2) is 8.78 Å². The number of rotatable bonds is 3. The maximum Gasteiger partial charge on any atom is 0.166 e. The summed E-state index contributed by atoms with van der Waals surface area (Å²) in [5, 5.41) is 13.1. The lowest BCUT2D eigenvalue weighted by atomic mass is 9.89. The highest BCUT2D eigenvalue weighted by molar-refractivity contribution is 5.39. The van der Waals surface area contributed by atoms with Crippen molar-refractivity contribution in [2.45, 2.75) is 19.3 Å². The zero-order valence-corrected chi connectivity index (χ0v) is 10.7. The van der Waals surface area contributed by atoms with Gasteiger partial charge >= 0.3 is 0 Å². The lowest BCUT2D eigenvalue weighted by Gasteiger charge is -2.15. The van der Waals surface area contributed by atoms with Gasteiger partial charge in [0.25, 0.3) is 0 Å². The van der Waals surface area contributed by atoms with Crippen molar-refractivity contribution in [3.05, 3.63) is 52.9 Å². The van der Waals surface area contributed by atoms with E-state index in [2.05, 4.69) is 5.10 Å². The van der Waals surface area contributed by atoms with E-state index in [1.54, 1.807) is 13.2 Å². The Morgan fingerprint density at radius 1 is 1.37 bits per heavy atom. The van der Waals surface area contributed by atoms with Crippen molar-refractivity contribution in [3.8, 4) is 6.07 Å². The summed E-state index contributed by atoms with van der Waals surface area (Å²) in [6.45, 7) is 1.86. The molecule has 3 nitrogen and oxygen atoms in total. The van der Waals surface area contributed by atoms with Crippen molar-refractivity contribution in [1.29, 1.82) is 5.26 Å². The Morgan fingerprint density at radius 3 is 2.74 bits per heavy atom. The molecule has 2 aromatic rings. The van der Waals surface area contributed by atoms with Crippen molar-refractivity contribution in [3.63, 3.8) is 0 Å². The van der Waals surface area contributed by atoms with E-state index in [-0.39, 0.29) is 17.2 Å². The van der Waals surface area contributed by atoms with Crippen LogP contribution in [0, 0.1) is 23.0 Å². The smallest absolute Gasteiger partial charge is 0.166 e. The molecule has 2 rings (SSSR count). The third-order valence-corrected chi connectivity index (χ3v) is 3.08. The Bertz CT molecular complexity index is 639. The molecule has 0 amide bonds. The maximum atomic E-state index is 13.9. The highest BCUT2D eigenvalue weighted by Gasteiger charge is 2.22. The molecule has 1 atom stereocenters. The van der Waals surface area contributed by atoms with E-state index >= 15 is 0 Å². The minimum absolute atomic E-state index is 0.248. The fraction of sp³-hybridized carbons (Fsp3) is 0.286. The van der Waals surface area contributed by atoms with Gasteiger partial charge in [0, 0.05) is 24.7 Å². The Hall–Kier alpha value is -2.22. The summed E-state index contributed by atoms with van der Waals surface area (Å²) in [5.74, 6) is -1.34. The molecule has 0 aliphatic heterocycles. The second-order valence-corrected chi connectivity index (χ2v) is 4.35. The van der Waals surface area contributed by atoms with Crippen LogP contribution < -0.4 is 0 Å². The van der Waals surface area contributed by atoms with Crippen molar-refractivity contribution >= 4 is 0 Å². The molecule has 0 aliphatic rings. The monoisotopic (exact) mass is 261 g/mol. The van der Waals surface area contributed by atoms with Crippen molar-refractivity contribution in [2.24, 2.45) is 7.05 Å². The van der Waals surface area contributed by atoms with Gasteiger partial charge in [0.2, 0.25) is 0 Å². The first kappa shape index (κ1) is 13.2. The lowest BCUT2D eigenvalue weighted by Crippen LogP contribution is -2.04. The molecule has 0 saturated heterocycles. The van der Waals surface area contributed by atoms with Gasteiger partial charge in [-0.2, -0.15) is 10.4 Å². The van der Waals surface area contributed by atoms with Crippen molar-refractivity contribution in [1.82, 2.24) is 9.78 Å². The molecule has 0 saturated carbocycles. The van der Waals surface area contributed by atoms with Crippen LogP contribution in [-0.4, -0.2) is 9.78 Å². The molecule has 1 aromatic heterocycles. The van der Waals surface area contributed by atoms with Gasteiger partial charge in [0.05, 0.1) is 0 Å². The maximum absolute atomic E-state index is 13.9. The highest BCUT2D eigenvalue weighted by atomic mass is 19.1. The topological polar surface area (TPSA) is 41.6 Å². The van der Waals surface area contributed by atoms with Crippen LogP contribution in [-0.2, 0) is 7.05 Å². The van der Waals surface area contributed by atoms with Gasteiger partial charge < -0.3 is 0 Å². The molecule has 1 heterocycles. The van der Waals surface area contributed by atoms with Gasteiger partial charge in [-0.05, 0) is 30.2 Å². The number of hydrogen-bond acceptors (Lipinski definition) is 2. The van der Waals surface area contributed by atoms with Gasteiger partial charge in [0.1, 0.15) is 17.7 Å². The third-order valence-electron chi connectivity index (χ3n) is 3.08. The second kappa shape index (κ2) is 5.19. The zero-order valence-electron chi connectivity index (χ0n) is 10.7. The summed E-state index contributed by atoms with van der Waals surface area (Å²) in [4.78, 5) is 0. The Morgan fingerprint density at radius 2 is 2.11 bits per heavy atom. The number of hydrogen-bond donors (Lipinski definition) is 0. The Balaban J connectivity index is 2.56. The molecule has 0 spiro atoms. The van der Waals surface area contributed by atoms with E-state index in [4.69, 9.17) is 5.26 Å². The fourth-order valence-corrected chi connectivity index (χ4v) is 2.24. The van der Waals surface area contributed by atoms with Crippen LogP contribution in [0.5, 0.6) is 0 Å². The van der Waals surface area contributed by atoms with Crippen LogP contribution in [0.2, 0.25) is 0 Å². The number of aryl methyl sites for hydroxylation is 1. The SMILES string of the molecule is CC[C@@H](c1cc(F)ccc1F)c1cn(C)nc1C#N. The van der Waals surface area contributed by atoms with Gasteiger partial charge in [-0.3, -0.25) is 4.68 Å². The van der Waals surface area contributed by atoms with Crippen LogP contribution >= 0.6 is 0 Å².